The van der Waals surface area contributed by atoms with E-state index in [1.54, 1.807) is 20.3 Å². The van der Waals surface area contributed by atoms with Crippen molar-refractivity contribution < 1.29 is 19.1 Å². The summed E-state index contributed by atoms with van der Waals surface area (Å²) in [5.41, 5.74) is 2.58. The lowest BCUT2D eigenvalue weighted by atomic mass is 9.77. The summed E-state index contributed by atoms with van der Waals surface area (Å²) >= 11 is 0. The first-order valence-electron chi connectivity index (χ1n) is 20.8. The van der Waals surface area contributed by atoms with Crippen molar-refractivity contribution in [3.63, 3.8) is 0 Å². The van der Waals surface area contributed by atoms with Gasteiger partial charge in [0, 0.05) is 35.7 Å². The maximum Gasteiger partial charge on any atom is 0.167 e. The number of aryl methyl sites for hydroxylation is 1. The Labute approximate surface area is 333 Å². The molecule has 298 valence electrons. The van der Waals surface area contributed by atoms with Crippen LogP contribution in [0.3, 0.4) is 0 Å². The van der Waals surface area contributed by atoms with E-state index >= 15 is 0 Å². The number of terminal acetylenes is 1. The van der Waals surface area contributed by atoms with Crippen molar-refractivity contribution in [3.8, 4) is 24.3 Å². The second-order valence-electron chi connectivity index (χ2n) is 14.8. The summed E-state index contributed by atoms with van der Waals surface area (Å²) < 4.78 is 10.5. The van der Waals surface area contributed by atoms with Crippen molar-refractivity contribution in [1.29, 1.82) is 0 Å². The maximum atomic E-state index is 13.4. The Morgan fingerprint density at radius 1 is 0.709 bits per heavy atom. The van der Waals surface area contributed by atoms with Crippen LogP contribution in [0.25, 0.3) is 10.8 Å². The van der Waals surface area contributed by atoms with Crippen LogP contribution in [-0.4, -0.2) is 74.4 Å². The lowest BCUT2D eigenvalue weighted by molar-refractivity contribution is 0.0401. The van der Waals surface area contributed by atoms with Gasteiger partial charge >= 0.3 is 0 Å². The second kappa shape index (κ2) is 25.1. The number of hydrogen-bond donors (Lipinski definition) is 0. The van der Waals surface area contributed by atoms with Crippen LogP contribution in [-0.2, 0) is 0 Å². The van der Waals surface area contributed by atoms with Crippen molar-refractivity contribution in [3.05, 3.63) is 95.6 Å². The Morgan fingerprint density at radius 3 is 1.91 bits per heavy atom. The molecule has 2 aliphatic heterocycles. The molecule has 0 unspecified atom stereocenters. The Kier molecular flexibility index (Phi) is 20.6. The van der Waals surface area contributed by atoms with Gasteiger partial charge < -0.3 is 14.4 Å². The van der Waals surface area contributed by atoms with Gasteiger partial charge in [-0.25, -0.2) is 0 Å². The first-order chi connectivity index (χ1) is 26.9. The van der Waals surface area contributed by atoms with E-state index in [0.717, 1.165) is 71.7 Å². The summed E-state index contributed by atoms with van der Waals surface area (Å²) in [4.78, 5) is 29.3. The maximum absolute atomic E-state index is 13.4. The van der Waals surface area contributed by atoms with E-state index < -0.39 is 0 Å². The molecule has 0 aromatic heterocycles. The number of fused-ring (bicyclic) bond motifs is 1. The highest BCUT2D eigenvalue weighted by molar-refractivity contribution is 5.98. The predicted molar refractivity (Wildman–Crippen MR) is 231 cm³/mol. The molecule has 0 amide bonds. The number of likely N-dealkylation sites (tertiary alicyclic amines) is 2. The molecule has 2 saturated carbocycles. The number of piperidine rings is 2. The highest BCUT2D eigenvalue weighted by atomic mass is 16.5. The van der Waals surface area contributed by atoms with Crippen molar-refractivity contribution >= 4 is 22.8 Å². The average molecular weight is 749 g/mol. The van der Waals surface area contributed by atoms with Gasteiger partial charge in [-0.3, -0.25) is 14.5 Å². The van der Waals surface area contributed by atoms with Crippen LogP contribution in [0.4, 0.5) is 0 Å². The van der Waals surface area contributed by atoms with E-state index in [-0.39, 0.29) is 5.92 Å². The summed E-state index contributed by atoms with van der Waals surface area (Å²) in [7, 11) is 3.31. The topological polar surface area (TPSA) is 59.1 Å². The summed E-state index contributed by atoms with van der Waals surface area (Å²) in [5.74, 6) is 2.56. The average Bonchev–Trinajstić information content (AvgIpc) is 3.20. The van der Waals surface area contributed by atoms with Crippen molar-refractivity contribution in [2.45, 2.75) is 110 Å². The molecular weight excluding hydrogens is 681 g/mol. The number of methoxy groups -OCH3 is 2. The van der Waals surface area contributed by atoms with E-state index in [1.807, 2.05) is 93.6 Å². The van der Waals surface area contributed by atoms with Gasteiger partial charge in [0.2, 0.25) is 0 Å². The molecule has 0 bridgehead atoms. The molecule has 6 nitrogen and oxygen atoms in total. The molecule has 0 spiro atoms. The van der Waals surface area contributed by atoms with E-state index in [4.69, 9.17) is 9.47 Å². The van der Waals surface area contributed by atoms with Crippen LogP contribution in [0, 0.1) is 31.6 Å². The molecular formula is C49H68N2O4. The zero-order valence-electron chi connectivity index (χ0n) is 34.7. The predicted octanol–water partition coefficient (Wildman–Crippen LogP) is 11.2. The third kappa shape index (κ3) is 13.8. The van der Waals surface area contributed by atoms with Gasteiger partial charge in [0.1, 0.15) is 17.8 Å². The molecule has 0 N–H and O–H groups in total. The van der Waals surface area contributed by atoms with Crippen LogP contribution >= 0.6 is 0 Å². The number of hydrogen-bond acceptors (Lipinski definition) is 6. The van der Waals surface area contributed by atoms with Gasteiger partial charge in [0.25, 0.3) is 0 Å². The van der Waals surface area contributed by atoms with E-state index in [1.165, 1.54) is 70.9 Å². The smallest absolute Gasteiger partial charge is 0.167 e. The number of benzene rings is 2. The zero-order valence-corrected chi connectivity index (χ0v) is 34.7. The van der Waals surface area contributed by atoms with Gasteiger partial charge in [0.15, 0.2) is 5.78 Å². The standard InChI is InChI=1S/C24H33NO2.C12H10O2.C9H17N.C2H6.C2H2/c1-4-19-14-15-25(21-9-7-10-21)17-23(19)24(26)20-8-5-6-11-22(27-3)16-18(2)12-13-20;1-14-12-5-4-10-6-9(8-13)2-3-11(10)7-12;1-2-7-10(8-3-1)9-5-4-6-9;2*1-2/h5-6,8,11-13,16,19,21,23H,4,7,9-10,14-15,17H2,1-3H3;2-8H,1H3;9H,1-8H2;1-2H3;1-2H/t19-,23+;;;;/m0..../s1. The molecule has 2 heterocycles. The summed E-state index contributed by atoms with van der Waals surface area (Å²) in [6.07, 6.45) is 23.9. The molecule has 6 heteroatoms. The van der Waals surface area contributed by atoms with Gasteiger partial charge in [-0.1, -0.05) is 95.0 Å². The number of ketones is 1. The third-order valence-electron chi connectivity index (χ3n) is 11.5. The van der Waals surface area contributed by atoms with Crippen molar-refractivity contribution in [1.82, 2.24) is 9.80 Å². The monoisotopic (exact) mass is 749 g/mol. The third-order valence-corrected chi connectivity index (χ3v) is 11.5. The first-order valence-corrected chi connectivity index (χ1v) is 20.8. The number of carbonyl (C=O) groups excluding carboxylic acids is 2. The van der Waals surface area contributed by atoms with Crippen LogP contribution in [0.2, 0.25) is 0 Å². The fraction of sp³-hybridized carbons (Fsp3) is 0.510. The largest absolute Gasteiger partial charge is 0.497 e. The quantitative estimate of drug-likeness (QED) is 0.130. The Balaban J connectivity index is 0.000000240. The number of nitrogens with zero attached hydrogens (tertiary/aromatic N) is 2. The molecule has 3 aromatic carbocycles. The van der Waals surface area contributed by atoms with Gasteiger partial charge in [0.05, 0.1) is 14.2 Å². The zero-order chi connectivity index (χ0) is 40.0. The number of rotatable bonds is 8. The lowest BCUT2D eigenvalue weighted by Gasteiger charge is -2.44. The molecule has 2 saturated heterocycles. The SMILES string of the molecule is C#C.C1CCN(C2CCC2)CC1.CC.CC[C@H]1CCN(C2CCC2)C[C@H]1C(=O)c1ccccc(OC)cc(C)cc1.COc1ccc2cc(C=O)ccc2c1. The number of carbonyl (C=O) groups is 2. The minimum Gasteiger partial charge on any atom is -0.497 e. The first kappa shape index (κ1) is 45.2. The second-order valence-corrected chi connectivity index (χ2v) is 14.8. The van der Waals surface area contributed by atoms with Gasteiger partial charge in [-0.2, -0.15) is 0 Å². The molecule has 2 atom stereocenters. The summed E-state index contributed by atoms with van der Waals surface area (Å²) in [5, 5.41) is 2.13. The van der Waals surface area contributed by atoms with Crippen molar-refractivity contribution in [2.75, 3.05) is 40.4 Å². The summed E-state index contributed by atoms with van der Waals surface area (Å²) in [6, 6.07) is 26.8. The normalized spacial score (nSPS) is 19.6. The Morgan fingerprint density at radius 2 is 1.31 bits per heavy atom. The summed E-state index contributed by atoms with van der Waals surface area (Å²) in [6.45, 7) is 13.1. The van der Waals surface area contributed by atoms with Crippen LogP contribution in [0.15, 0.2) is 78.9 Å². The number of ether oxygens (including phenoxy) is 2. The molecule has 3 aromatic rings. The van der Waals surface area contributed by atoms with Gasteiger partial charge in [-0.15, -0.1) is 12.8 Å². The molecule has 4 fully saturated rings. The van der Waals surface area contributed by atoms with Crippen LogP contribution in [0.1, 0.15) is 118 Å². The molecule has 2 aliphatic carbocycles. The highest BCUT2D eigenvalue weighted by Crippen LogP contribution is 2.34. The lowest BCUT2D eigenvalue weighted by Crippen LogP contribution is -2.50. The highest BCUT2D eigenvalue weighted by Gasteiger charge is 2.37. The molecule has 0 radical (unpaired) electrons. The van der Waals surface area contributed by atoms with E-state index in [9.17, 15) is 9.59 Å². The fourth-order valence-corrected chi connectivity index (χ4v) is 7.79. The number of aldehydes is 1. The van der Waals surface area contributed by atoms with Gasteiger partial charge in [-0.05, 0) is 124 Å². The van der Waals surface area contributed by atoms with E-state index in [2.05, 4.69) is 29.6 Å². The minimum absolute atomic E-state index is 0.117. The van der Waals surface area contributed by atoms with Crippen LogP contribution < -0.4 is 9.47 Å². The molecule has 4 aliphatic rings. The number of Topliss-reactive ketones (excluding diaryl/α,β-unsaturated/α-hetero) is 1. The Hall–Kier alpha value is -4.18. The van der Waals surface area contributed by atoms with Crippen LogP contribution in [0.5, 0.6) is 11.5 Å². The van der Waals surface area contributed by atoms with E-state index in [0.29, 0.717) is 23.3 Å². The Bertz CT molecular complexity index is 1670. The fourth-order valence-electron chi connectivity index (χ4n) is 7.79. The molecule has 7 rings (SSSR count). The minimum atomic E-state index is 0.117. The molecule has 55 heavy (non-hydrogen) atoms. The van der Waals surface area contributed by atoms with Crippen molar-refractivity contribution in [2.24, 2.45) is 11.8 Å².